The van der Waals surface area contributed by atoms with Crippen molar-refractivity contribution in [1.29, 1.82) is 0 Å². The van der Waals surface area contributed by atoms with E-state index in [4.69, 9.17) is 5.11 Å². The number of carboxylic acid groups (broad SMARTS) is 1. The third-order valence-corrected chi connectivity index (χ3v) is 2.75. The van der Waals surface area contributed by atoms with Crippen LogP contribution in [0.3, 0.4) is 0 Å². The van der Waals surface area contributed by atoms with Crippen LogP contribution >= 0.6 is 15.9 Å². The van der Waals surface area contributed by atoms with Crippen LogP contribution in [0.5, 0.6) is 0 Å². The predicted molar refractivity (Wildman–Crippen MR) is 70.4 cm³/mol. The molecular formula is C13H13BrO3. The minimum Gasteiger partial charge on any atom is -0.478 e. The summed E-state index contributed by atoms with van der Waals surface area (Å²) < 4.78 is 0. The largest absolute Gasteiger partial charge is 0.478 e. The molecule has 0 unspecified atom stereocenters. The van der Waals surface area contributed by atoms with Gasteiger partial charge < -0.3 is 5.11 Å². The van der Waals surface area contributed by atoms with Crippen molar-refractivity contribution in [3.05, 3.63) is 41.0 Å². The molecular weight excluding hydrogens is 284 g/mol. The number of rotatable bonds is 5. The SMILES string of the molecule is Cc1cc(/C=C/C(=O)O)cc(CC(=O)CBr)c1. The Hall–Kier alpha value is -1.42. The first-order chi connectivity index (χ1) is 8.01. The maximum atomic E-state index is 11.3. The topological polar surface area (TPSA) is 54.4 Å². The fourth-order valence-corrected chi connectivity index (χ4v) is 1.73. The van der Waals surface area contributed by atoms with Crippen LogP contribution in [0, 0.1) is 6.92 Å². The number of carbonyl (C=O) groups excluding carboxylic acids is 1. The molecule has 1 aromatic carbocycles. The Balaban J connectivity index is 2.94. The van der Waals surface area contributed by atoms with Crippen molar-refractivity contribution in [2.45, 2.75) is 13.3 Å². The van der Waals surface area contributed by atoms with Gasteiger partial charge in [-0.05, 0) is 24.1 Å². The van der Waals surface area contributed by atoms with E-state index < -0.39 is 5.97 Å². The summed E-state index contributed by atoms with van der Waals surface area (Å²) in [6.07, 6.45) is 2.98. The standard InChI is InChI=1S/C13H13BrO3/c1-9-4-10(2-3-13(16)17)6-11(5-9)7-12(15)8-14/h2-6H,7-8H2,1H3,(H,16,17)/b3-2+. The fraction of sp³-hybridized carbons (Fsp3) is 0.231. The van der Waals surface area contributed by atoms with E-state index in [0.717, 1.165) is 22.8 Å². The summed E-state index contributed by atoms with van der Waals surface area (Å²) in [4.78, 5) is 21.7. The molecule has 1 rings (SSSR count). The van der Waals surface area contributed by atoms with E-state index in [1.807, 2.05) is 25.1 Å². The lowest BCUT2D eigenvalue weighted by atomic mass is 10.0. The van der Waals surface area contributed by atoms with Gasteiger partial charge in [-0.3, -0.25) is 4.79 Å². The molecule has 0 aliphatic heterocycles. The molecule has 0 fully saturated rings. The first-order valence-corrected chi connectivity index (χ1v) is 6.22. The molecule has 0 aromatic heterocycles. The van der Waals surface area contributed by atoms with Crippen LogP contribution in [0.1, 0.15) is 16.7 Å². The fourth-order valence-electron chi connectivity index (χ4n) is 1.54. The molecule has 0 heterocycles. The molecule has 4 heteroatoms. The van der Waals surface area contributed by atoms with Crippen molar-refractivity contribution < 1.29 is 14.7 Å². The van der Waals surface area contributed by atoms with Crippen LogP contribution in [0.2, 0.25) is 0 Å². The molecule has 17 heavy (non-hydrogen) atoms. The van der Waals surface area contributed by atoms with Gasteiger partial charge in [0.15, 0.2) is 0 Å². The quantitative estimate of drug-likeness (QED) is 0.671. The number of carbonyl (C=O) groups is 2. The molecule has 0 bridgehead atoms. The van der Waals surface area contributed by atoms with E-state index >= 15 is 0 Å². The third kappa shape index (κ3) is 4.95. The summed E-state index contributed by atoms with van der Waals surface area (Å²) in [5.41, 5.74) is 2.71. The number of alkyl halides is 1. The molecule has 0 atom stereocenters. The lowest BCUT2D eigenvalue weighted by Crippen LogP contribution is -2.03. The number of halogens is 1. The van der Waals surface area contributed by atoms with Gasteiger partial charge in [0.2, 0.25) is 0 Å². The molecule has 0 radical (unpaired) electrons. The first-order valence-electron chi connectivity index (χ1n) is 5.10. The van der Waals surface area contributed by atoms with Gasteiger partial charge in [0.25, 0.3) is 0 Å². The molecule has 1 aromatic rings. The zero-order valence-corrected chi connectivity index (χ0v) is 11.0. The summed E-state index contributed by atoms with van der Waals surface area (Å²) in [5.74, 6) is -0.881. The number of aryl methyl sites for hydroxylation is 1. The lowest BCUT2D eigenvalue weighted by Gasteiger charge is -2.03. The summed E-state index contributed by atoms with van der Waals surface area (Å²) in [6.45, 7) is 1.92. The van der Waals surface area contributed by atoms with Crippen molar-refractivity contribution in [1.82, 2.24) is 0 Å². The molecule has 0 saturated carbocycles. The van der Waals surface area contributed by atoms with Crippen molar-refractivity contribution in [2.24, 2.45) is 0 Å². The van der Waals surface area contributed by atoms with E-state index in [1.165, 1.54) is 6.08 Å². The number of Topliss-reactive ketones (excluding diaryl/α,β-unsaturated/α-hetero) is 1. The number of carboxylic acids is 1. The summed E-state index contributed by atoms with van der Waals surface area (Å²) >= 11 is 3.12. The van der Waals surface area contributed by atoms with Crippen LogP contribution in [0.15, 0.2) is 24.3 Å². The maximum absolute atomic E-state index is 11.3. The van der Waals surface area contributed by atoms with Crippen LogP contribution in [-0.2, 0) is 16.0 Å². The van der Waals surface area contributed by atoms with Gasteiger partial charge in [-0.15, -0.1) is 0 Å². The number of hydrogen-bond acceptors (Lipinski definition) is 2. The van der Waals surface area contributed by atoms with E-state index in [2.05, 4.69) is 15.9 Å². The Morgan fingerprint density at radius 2 is 2.06 bits per heavy atom. The summed E-state index contributed by atoms with van der Waals surface area (Å²) in [5, 5.41) is 8.88. The van der Waals surface area contributed by atoms with Gasteiger partial charge in [0.1, 0.15) is 5.78 Å². The van der Waals surface area contributed by atoms with Crippen LogP contribution < -0.4 is 0 Å². The average Bonchev–Trinajstić information content (AvgIpc) is 2.25. The minimum atomic E-state index is -0.982. The molecule has 0 amide bonds. The molecule has 3 nitrogen and oxygen atoms in total. The molecule has 0 aliphatic rings. The third-order valence-electron chi connectivity index (χ3n) is 2.13. The highest BCUT2D eigenvalue weighted by Gasteiger charge is 2.03. The van der Waals surface area contributed by atoms with Gasteiger partial charge in [-0.25, -0.2) is 4.79 Å². The normalized spacial score (nSPS) is 10.7. The predicted octanol–water partition coefficient (Wildman–Crippen LogP) is 2.60. The highest BCUT2D eigenvalue weighted by atomic mass is 79.9. The highest BCUT2D eigenvalue weighted by molar-refractivity contribution is 9.09. The summed E-state index contributed by atoms with van der Waals surface area (Å²) in [7, 11) is 0. The van der Waals surface area contributed by atoms with E-state index in [1.54, 1.807) is 0 Å². The van der Waals surface area contributed by atoms with E-state index in [-0.39, 0.29) is 5.78 Å². The van der Waals surface area contributed by atoms with Crippen LogP contribution in [0.4, 0.5) is 0 Å². The Morgan fingerprint density at radius 3 is 2.65 bits per heavy atom. The Morgan fingerprint density at radius 1 is 1.35 bits per heavy atom. The zero-order chi connectivity index (χ0) is 12.8. The minimum absolute atomic E-state index is 0.101. The zero-order valence-electron chi connectivity index (χ0n) is 9.44. The van der Waals surface area contributed by atoms with Crippen LogP contribution in [0.25, 0.3) is 6.08 Å². The van der Waals surface area contributed by atoms with Crippen LogP contribution in [-0.4, -0.2) is 22.2 Å². The monoisotopic (exact) mass is 296 g/mol. The van der Waals surface area contributed by atoms with E-state index in [0.29, 0.717) is 11.8 Å². The van der Waals surface area contributed by atoms with Crippen molar-refractivity contribution >= 4 is 33.8 Å². The first kappa shape index (κ1) is 13.6. The number of hydrogen-bond donors (Lipinski definition) is 1. The second kappa shape index (κ2) is 6.35. The number of benzene rings is 1. The maximum Gasteiger partial charge on any atom is 0.328 e. The molecule has 1 N–H and O–H groups in total. The van der Waals surface area contributed by atoms with Gasteiger partial charge in [-0.2, -0.15) is 0 Å². The van der Waals surface area contributed by atoms with Crippen molar-refractivity contribution in [2.75, 3.05) is 5.33 Å². The summed E-state index contributed by atoms with van der Waals surface area (Å²) in [6, 6.07) is 5.63. The second-order valence-corrected chi connectivity index (χ2v) is 4.33. The van der Waals surface area contributed by atoms with E-state index in [9.17, 15) is 9.59 Å². The van der Waals surface area contributed by atoms with Gasteiger partial charge in [0, 0.05) is 12.5 Å². The number of ketones is 1. The smallest absolute Gasteiger partial charge is 0.328 e. The molecule has 90 valence electrons. The Kier molecular flexibility index (Phi) is 5.10. The Bertz CT molecular complexity index is 464. The van der Waals surface area contributed by atoms with Gasteiger partial charge >= 0.3 is 5.97 Å². The molecule has 0 saturated heterocycles. The average molecular weight is 297 g/mol. The number of aliphatic carboxylic acids is 1. The van der Waals surface area contributed by atoms with Crippen molar-refractivity contribution in [3.63, 3.8) is 0 Å². The van der Waals surface area contributed by atoms with Gasteiger partial charge in [0.05, 0.1) is 5.33 Å². The lowest BCUT2D eigenvalue weighted by molar-refractivity contribution is -0.131. The Labute approximate surface area is 108 Å². The molecule has 0 spiro atoms. The van der Waals surface area contributed by atoms with Gasteiger partial charge in [-0.1, -0.05) is 39.7 Å². The highest BCUT2D eigenvalue weighted by Crippen LogP contribution is 2.12. The van der Waals surface area contributed by atoms with Crippen molar-refractivity contribution in [3.8, 4) is 0 Å². The second-order valence-electron chi connectivity index (χ2n) is 3.77. The molecule has 0 aliphatic carbocycles.